The van der Waals surface area contributed by atoms with Gasteiger partial charge in [0.25, 0.3) is 0 Å². The van der Waals surface area contributed by atoms with Crippen LogP contribution < -0.4 is 0 Å². The lowest BCUT2D eigenvalue weighted by Gasteiger charge is -2.47. The van der Waals surface area contributed by atoms with Crippen LogP contribution in [0.25, 0.3) is 0 Å². The van der Waals surface area contributed by atoms with Crippen LogP contribution in [0.15, 0.2) is 12.2 Å². The summed E-state index contributed by atoms with van der Waals surface area (Å²) in [5.41, 5.74) is 0. The third-order valence-electron chi connectivity index (χ3n) is 15.0. The van der Waals surface area contributed by atoms with Crippen LogP contribution in [0.4, 0.5) is 0 Å². The lowest BCUT2D eigenvalue weighted by molar-refractivity contribution is -0.106. The first-order valence-corrected chi connectivity index (χ1v) is 18.4. The van der Waals surface area contributed by atoms with Crippen LogP contribution in [-0.4, -0.2) is 37.6 Å². The maximum Gasteiger partial charge on any atom is 0.0651 e. The zero-order chi connectivity index (χ0) is 28.2. The van der Waals surface area contributed by atoms with Gasteiger partial charge in [0.2, 0.25) is 0 Å². The molecule has 0 aromatic carbocycles. The predicted octanol–water partition coefficient (Wildman–Crippen LogP) is 8.28. The number of rotatable bonds is 8. The third-order valence-corrected chi connectivity index (χ3v) is 15.0. The van der Waals surface area contributed by atoms with E-state index in [1.165, 1.54) is 51.4 Å². The monoisotopic (exact) mass is 564 g/mol. The summed E-state index contributed by atoms with van der Waals surface area (Å²) in [6.07, 6.45) is 18.0. The molecule has 41 heavy (non-hydrogen) atoms. The minimum Gasteiger partial charge on any atom is -0.378 e. The van der Waals surface area contributed by atoms with E-state index >= 15 is 0 Å². The van der Waals surface area contributed by atoms with Crippen molar-refractivity contribution >= 4 is 0 Å². The summed E-state index contributed by atoms with van der Waals surface area (Å²) >= 11 is 0. The summed E-state index contributed by atoms with van der Waals surface area (Å²) in [4.78, 5) is 0. The molecular formula is C38H60O3. The van der Waals surface area contributed by atoms with Crippen LogP contribution in [0, 0.1) is 94.7 Å². The fourth-order valence-electron chi connectivity index (χ4n) is 13.1. The minimum absolute atomic E-state index is 0.455. The topological polar surface area (TPSA) is 27.7 Å². The van der Waals surface area contributed by atoms with Crippen LogP contribution in [-0.2, 0) is 14.2 Å². The van der Waals surface area contributed by atoms with Crippen LogP contribution >= 0.6 is 0 Å². The molecule has 0 aromatic rings. The third kappa shape index (κ3) is 4.42. The van der Waals surface area contributed by atoms with E-state index in [4.69, 9.17) is 14.2 Å². The predicted molar refractivity (Wildman–Crippen MR) is 164 cm³/mol. The van der Waals surface area contributed by atoms with Crippen LogP contribution in [0.5, 0.6) is 0 Å². The first-order valence-electron chi connectivity index (χ1n) is 18.4. The molecule has 0 spiro atoms. The van der Waals surface area contributed by atoms with Crippen molar-refractivity contribution in [3.63, 3.8) is 0 Å². The Morgan fingerprint density at radius 1 is 0.610 bits per heavy atom. The summed E-state index contributed by atoms with van der Waals surface area (Å²) in [6, 6.07) is 0. The maximum absolute atomic E-state index is 7.12. The van der Waals surface area contributed by atoms with Gasteiger partial charge in [-0.2, -0.15) is 0 Å². The lowest BCUT2D eigenvalue weighted by atomic mass is 9.57. The van der Waals surface area contributed by atoms with Gasteiger partial charge in [-0.15, -0.1) is 0 Å². The van der Waals surface area contributed by atoms with Crippen molar-refractivity contribution < 1.29 is 14.2 Å². The molecule has 3 heteroatoms. The van der Waals surface area contributed by atoms with E-state index in [2.05, 4.69) is 53.7 Å². The molecule has 7 fully saturated rings. The molecule has 2 aliphatic heterocycles. The Kier molecular flexibility index (Phi) is 7.28. The first kappa shape index (κ1) is 28.1. The van der Waals surface area contributed by atoms with E-state index in [0.717, 1.165) is 96.1 Å². The van der Waals surface area contributed by atoms with Crippen molar-refractivity contribution in [1.29, 1.82) is 0 Å². The highest BCUT2D eigenvalue weighted by atomic mass is 16.5. The van der Waals surface area contributed by atoms with Crippen molar-refractivity contribution in [1.82, 2.24) is 0 Å². The number of fused-ring (bicyclic) bond motifs is 16. The molecular weight excluding hydrogens is 504 g/mol. The number of allylic oxidation sites excluding steroid dienone is 2. The Labute approximate surface area is 251 Å². The second-order valence-corrected chi connectivity index (χ2v) is 17.6. The van der Waals surface area contributed by atoms with Crippen LogP contribution in [0.1, 0.15) is 92.9 Å². The van der Waals surface area contributed by atoms with Crippen LogP contribution in [0.2, 0.25) is 0 Å². The van der Waals surface area contributed by atoms with Crippen molar-refractivity contribution in [2.24, 2.45) is 94.7 Å². The molecule has 6 bridgehead atoms. The van der Waals surface area contributed by atoms with E-state index in [1.807, 2.05) is 0 Å². The Balaban J connectivity index is 1.03. The Hall–Kier alpha value is -0.380. The summed E-state index contributed by atoms with van der Waals surface area (Å²) in [6.45, 7) is 16.6. The molecule has 0 aromatic heterocycles. The Bertz CT molecular complexity index is 914. The van der Waals surface area contributed by atoms with Crippen LogP contribution in [0.3, 0.4) is 0 Å². The van der Waals surface area contributed by atoms with Crippen molar-refractivity contribution in [2.45, 2.75) is 117 Å². The highest BCUT2D eigenvalue weighted by Crippen LogP contribution is 2.72. The minimum atomic E-state index is 0.455. The maximum atomic E-state index is 7.12. The fourth-order valence-corrected chi connectivity index (χ4v) is 13.1. The van der Waals surface area contributed by atoms with E-state index in [9.17, 15) is 0 Å². The molecule has 0 N–H and O–H groups in total. The summed E-state index contributed by atoms with van der Waals surface area (Å²) in [5.74, 6) is 12.3. The van der Waals surface area contributed by atoms with Crippen molar-refractivity contribution in [3.8, 4) is 0 Å². The summed E-state index contributed by atoms with van der Waals surface area (Å²) in [7, 11) is 0. The van der Waals surface area contributed by atoms with Gasteiger partial charge in [-0.3, -0.25) is 0 Å². The molecule has 18 atom stereocenters. The van der Waals surface area contributed by atoms with Crippen molar-refractivity contribution in [2.75, 3.05) is 13.2 Å². The molecule has 8 aliphatic rings. The smallest absolute Gasteiger partial charge is 0.0651 e. The first-order chi connectivity index (χ1) is 19.8. The van der Waals surface area contributed by atoms with Crippen molar-refractivity contribution in [3.05, 3.63) is 12.2 Å². The zero-order valence-electron chi connectivity index (χ0n) is 27.0. The summed E-state index contributed by atoms with van der Waals surface area (Å²) < 4.78 is 21.3. The highest BCUT2D eigenvalue weighted by molar-refractivity contribution is 5.26. The second kappa shape index (κ2) is 10.6. The van der Waals surface area contributed by atoms with E-state index < -0.39 is 0 Å². The molecule has 230 valence electrons. The van der Waals surface area contributed by atoms with Gasteiger partial charge in [0.05, 0.1) is 37.6 Å². The zero-order valence-corrected chi connectivity index (χ0v) is 27.0. The van der Waals surface area contributed by atoms with Gasteiger partial charge in [0.1, 0.15) is 0 Å². The van der Waals surface area contributed by atoms with Gasteiger partial charge in [0, 0.05) is 0 Å². The lowest BCUT2D eigenvalue weighted by Crippen LogP contribution is -2.50. The average Bonchev–Trinajstić information content (AvgIpc) is 3.77. The molecule has 5 saturated carbocycles. The second-order valence-electron chi connectivity index (χ2n) is 17.6. The standard InChI is InChI=1S/C38H60O3/c1-19(2)25-11-7-21(5)13-31(25)39-17-29-27-16-28(30(29)18-40-32-14-22(6)8-12-26(32)20(3)4)36-35(27)37-33-23-9-10-24(15-23)34(33)38(36)41-37/h9-10,19-38H,7-8,11-18H2,1-6H3. The van der Waals surface area contributed by atoms with E-state index in [0.29, 0.717) is 36.3 Å². The van der Waals surface area contributed by atoms with Gasteiger partial charge in [-0.1, -0.05) is 66.5 Å². The quantitative estimate of drug-likeness (QED) is 0.278. The van der Waals surface area contributed by atoms with E-state index in [-0.39, 0.29) is 0 Å². The van der Waals surface area contributed by atoms with Gasteiger partial charge < -0.3 is 14.2 Å². The van der Waals surface area contributed by atoms with Gasteiger partial charge in [0.15, 0.2) is 0 Å². The van der Waals surface area contributed by atoms with E-state index in [1.54, 1.807) is 0 Å². The molecule has 0 radical (unpaired) electrons. The average molecular weight is 565 g/mol. The number of hydrogen-bond acceptors (Lipinski definition) is 3. The molecule has 18 unspecified atom stereocenters. The largest absolute Gasteiger partial charge is 0.378 e. The molecule has 2 saturated heterocycles. The molecule has 6 aliphatic carbocycles. The fraction of sp³-hybridized carbons (Fsp3) is 0.947. The number of hydrogen-bond donors (Lipinski definition) is 0. The SMILES string of the molecule is CC1CCC(C(C)C)C(OCC2C(COC3CC(C)CCC3C(C)C)C3CC2C2C4OC(C5C6C=CC(C6)C45)C32)C1. The summed E-state index contributed by atoms with van der Waals surface area (Å²) in [5, 5.41) is 0. The van der Waals surface area contributed by atoms with Gasteiger partial charge in [-0.05, 0) is 133 Å². The molecule has 8 rings (SSSR count). The Morgan fingerprint density at radius 2 is 1.07 bits per heavy atom. The molecule has 0 amide bonds. The number of ether oxygens (including phenoxy) is 3. The molecule has 2 heterocycles. The van der Waals surface area contributed by atoms with Gasteiger partial charge in [-0.25, -0.2) is 0 Å². The van der Waals surface area contributed by atoms with Gasteiger partial charge >= 0.3 is 0 Å². The Morgan fingerprint density at radius 3 is 1.51 bits per heavy atom. The molecule has 3 nitrogen and oxygen atoms in total. The highest BCUT2D eigenvalue weighted by Gasteiger charge is 2.74. The normalized spacial score (nSPS) is 56.4.